The number of allylic oxidation sites excluding steroid dienone is 1. The van der Waals surface area contributed by atoms with E-state index in [4.69, 9.17) is 15.2 Å². The molecule has 0 saturated heterocycles. The van der Waals surface area contributed by atoms with Gasteiger partial charge in [0.25, 0.3) is 0 Å². The first-order valence-electron chi connectivity index (χ1n) is 8.30. The molecule has 0 fully saturated rings. The van der Waals surface area contributed by atoms with Crippen molar-refractivity contribution in [2.24, 2.45) is 0 Å². The monoisotopic (exact) mass is 363 g/mol. The number of carbonyl (C=O) groups is 1. The summed E-state index contributed by atoms with van der Waals surface area (Å²) in [6.07, 6.45) is 4.17. The number of aliphatic hydroxyl groups excluding tert-OH is 1. The van der Waals surface area contributed by atoms with Gasteiger partial charge in [0.05, 0.1) is 18.8 Å². The highest BCUT2D eigenvalue weighted by Gasteiger charge is 2.29. The molecule has 1 aliphatic heterocycles. The largest absolute Gasteiger partial charge is 0.508 e. The van der Waals surface area contributed by atoms with Crippen LogP contribution in [0.3, 0.4) is 0 Å². The second-order valence-electron chi connectivity index (χ2n) is 6.25. The average Bonchev–Trinajstić information content (AvgIpc) is 2.65. The Morgan fingerprint density at radius 2 is 1.96 bits per heavy atom. The summed E-state index contributed by atoms with van der Waals surface area (Å²) in [6.45, 7) is 0. The van der Waals surface area contributed by atoms with Crippen LogP contribution in [0, 0.1) is 0 Å². The van der Waals surface area contributed by atoms with Crippen molar-refractivity contribution < 1.29 is 24.5 Å². The molecule has 1 aliphatic carbocycles. The summed E-state index contributed by atoms with van der Waals surface area (Å²) in [5.41, 5.74) is 9.40. The number of anilines is 1. The Morgan fingerprint density at radius 1 is 1.19 bits per heavy atom. The number of rotatable bonds is 2. The van der Waals surface area contributed by atoms with Crippen LogP contribution < -0.4 is 10.5 Å². The van der Waals surface area contributed by atoms with Gasteiger partial charge in [-0.2, -0.15) is 0 Å². The van der Waals surface area contributed by atoms with Crippen LogP contribution in [0.5, 0.6) is 11.5 Å². The normalized spacial score (nSPS) is 17.6. The summed E-state index contributed by atoms with van der Waals surface area (Å²) in [7, 11) is 1.31. The van der Waals surface area contributed by atoms with E-state index in [1.54, 1.807) is 48.6 Å². The molecule has 6 nitrogen and oxygen atoms in total. The van der Waals surface area contributed by atoms with E-state index in [0.717, 1.165) is 5.57 Å². The van der Waals surface area contributed by atoms with E-state index in [1.807, 2.05) is 0 Å². The van der Waals surface area contributed by atoms with Crippen molar-refractivity contribution >= 4 is 17.2 Å². The lowest BCUT2D eigenvalue weighted by Crippen LogP contribution is -2.17. The van der Waals surface area contributed by atoms with Crippen molar-refractivity contribution in [1.82, 2.24) is 0 Å². The highest BCUT2D eigenvalue weighted by Crippen LogP contribution is 2.45. The number of carbonyl (C=O) groups excluding carboxylic acids is 1. The molecule has 0 spiro atoms. The molecule has 1 heterocycles. The fourth-order valence-corrected chi connectivity index (χ4v) is 3.29. The fraction of sp³-hybridized carbons (Fsp3) is 0.0952. The molecule has 1 unspecified atom stereocenters. The fourth-order valence-electron chi connectivity index (χ4n) is 3.29. The van der Waals surface area contributed by atoms with Crippen LogP contribution in [-0.4, -0.2) is 29.4 Å². The Morgan fingerprint density at radius 3 is 2.74 bits per heavy atom. The third-order valence-electron chi connectivity index (χ3n) is 4.49. The van der Waals surface area contributed by atoms with Gasteiger partial charge in [0.1, 0.15) is 17.3 Å². The lowest BCUT2D eigenvalue weighted by Gasteiger charge is -2.28. The number of fused-ring (bicyclic) bond motifs is 2. The van der Waals surface area contributed by atoms with Crippen LogP contribution in [0.2, 0.25) is 0 Å². The van der Waals surface area contributed by atoms with E-state index in [1.165, 1.54) is 13.2 Å². The van der Waals surface area contributed by atoms with Gasteiger partial charge in [-0.1, -0.05) is 18.2 Å². The third kappa shape index (κ3) is 2.86. The summed E-state index contributed by atoms with van der Waals surface area (Å²) in [4.78, 5) is 12.4. The Hall–Kier alpha value is -3.51. The van der Waals surface area contributed by atoms with Gasteiger partial charge in [-0.25, -0.2) is 4.79 Å². The van der Waals surface area contributed by atoms with Crippen LogP contribution >= 0.6 is 0 Å². The molecule has 0 amide bonds. The standard InChI is InChI=1S/C21H17NO5/c1-26-21(25)17-8-11(22)2-5-14(17)20-15-6-3-12(23)9-18(15)27-19-10-13(24)4-7-16(19)20/h2-10,12,23-24H,22H2,1H3. The number of aromatic hydroxyl groups is 1. The minimum atomic E-state index is -0.782. The van der Waals surface area contributed by atoms with Crippen molar-refractivity contribution in [2.75, 3.05) is 12.8 Å². The second-order valence-corrected chi connectivity index (χ2v) is 6.25. The van der Waals surface area contributed by atoms with E-state index < -0.39 is 12.1 Å². The summed E-state index contributed by atoms with van der Waals surface area (Å²) < 4.78 is 10.8. The maximum atomic E-state index is 12.4. The molecular formula is C21H17NO5. The number of hydrogen-bond donors (Lipinski definition) is 3. The number of esters is 1. The van der Waals surface area contributed by atoms with Crippen LogP contribution in [-0.2, 0) is 4.74 Å². The number of nitrogens with two attached hydrogens (primary N) is 1. The van der Waals surface area contributed by atoms with Gasteiger partial charge in [-0.05, 0) is 35.9 Å². The van der Waals surface area contributed by atoms with Gasteiger partial charge in [0.15, 0.2) is 0 Å². The predicted molar refractivity (Wildman–Crippen MR) is 100 cm³/mol. The summed E-state index contributed by atoms with van der Waals surface area (Å²) in [5, 5.41) is 19.8. The van der Waals surface area contributed by atoms with Gasteiger partial charge < -0.3 is 25.4 Å². The third-order valence-corrected chi connectivity index (χ3v) is 4.49. The number of benzene rings is 2. The SMILES string of the molecule is COC(=O)c1cc(N)ccc1C1=C2C=CC(O)C=C2Oc2cc(O)ccc21. The van der Waals surface area contributed by atoms with Gasteiger partial charge in [0.2, 0.25) is 0 Å². The number of phenols is 1. The Bertz CT molecular complexity index is 1050. The summed E-state index contributed by atoms with van der Waals surface area (Å²) in [5.74, 6) is 0.415. The highest BCUT2D eigenvalue weighted by molar-refractivity contribution is 6.01. The van der Waals surface area contributed by atoms with Crippen LogP contribution in [0.4, 0.5) is 5.69 Å². The zero-order chi connectivity index (χ0) is 19.1. The molecule has 27 heavy (non-hydrogen) atoms. The average molecular weight is 363 g/mol. The summed E-state index contributed by atoms with van der Waals surface area (Å²) >= 11 is 0. The van der Waals surface area contributed by atoms with E-state index in [9.17, 15) is 15.0 Å². The van der Waals surface area contributed by atoms with Gasteiger partial charge >= 0.3 is 5.97 Å². The van der Waals surface area contributed by atoms with Gasteiger partial charge in [-0.15, -0.1) is 0 Å². The van der Waals surface area contributed by atoms with Crippen LogP contribution in [0.25, 0.3) is 5.57 Å². The van der Waals surface area contributed by atoms with E-state index in [-0.39, 0.29) is 5.75 Å². The molecule has 2 aromatic carbocycles. The zero-order valence-electron chi connectivity index (χ0n) is 14.5. The molecule has 0 saturated carbocycles. The molecule has 6 heteroatoms. The van der Waals surface area contributed by atoms with Crippen molar-refractivity contribution in [2.45, 2.75) is 6.10 Å². The van der Waals surface area contributed by atoms with Crippen molar-refractivity contribution in [3.05, 3.63) is 82.6 Å². The number of aliphatic hydroxyl groups is 1. The van der Waals surface area contributed by atoms with Crippen LogP contribution in [0.15, 0.2) is 66.0 Å². The number of methoxy groups -OCH3 is 1. The Labute approximate surface area is 155 Å². The first kappa shape index (κ1) is 16.9. The number of nitrogen functional groups attached to an aromatic ring is 1. The predicted octanol–water partition coefficient (Wildman–Crippen LogP) is 2.77. The molecule has 0 radical (unpaired) electrons. The lowest BCUT2D eigenvalue weighted by atomic mass is 9.85. The molecule has 0 aromatic heterocycles. The van der Waals surface area contributed by atoms with Gasteiger partial charge in [0, 0.05) is 28.5 Å². The first-order chi connectivity index (χ1) is 13.0. The van der Waals surface area contributed by atoms with E-state index in [2.05, 4.69) is 0 Å². The molecule has 4 N–H and O–H groups in total. The number of hydrogen-bond acceptors (Lipinski definition) is 6. The molecule has 2 aromatic rings. The Kier molecular flexibility index (Phi) is 3.97. The van der Waals surface area contributed by atoms with Crippen molar-refractivity contribution in [1.29, 1.82) is 0 Å². The molecule has 136 valence electrons. The maximum absolute atomic E-state index is 12.4. The quantitative estimate of drug-likeness (QED) is 0.560. The lowest BCUT2D eigenvalue weighted by molar-refractivity contribution is 0.0600. The smallest absolute Gasteiger partial charge is 0.338 e. The second kappa shape index (κ2) is 6.34. The molecule has 4 rings (SSSR count). The van der Waals surface area contributed by atoms with Crippen LogP contribution in [0.1, 0.15) is 21.5 Å². The van der Waals surface area contributed by atoms with Crippen molar-refractivity contribution in [3.8, 4) is 11.5 Å². The number of phenolic OH excluding ortho intramolecular Hbond substituents is 1. The minimum Gasteiger partial charge on any atom is -0.508 e. The zero-order valence-corrected chi connectivity index (χ0v) is 14.5. The van der Waals surface area contributed by atoms with Crippen molar-refractivity contribution in [3.63, 3.8) is 0 Å². The molecule has 2 aliphatic rings. The topological polar surface area (TPSA) is 102 Å². The van der Waals surface area contributed by atoms with Gasteiger partial charge in [-0.3, -0.25) is 0 Å². The maximum Gasteiger partial charge on any atom is 0.338 e. The molecular weight excluding hydrogens is 346 g/mol. The highest BCUT2D eigenvalue weighted by atomic mass is 16.5. The van der Waals surface area contributed by atoms with E-state index in [0.29, 0.717) is 39.5 Å². The first-order valence-corrected chi connectivity index (χ1v) is 8.30. The van der Waals surface area contributed by atoms with E-state index >= 15 is 0 Å². The number of ether oxygens (including phenoxy) is 2. The molecule has 0 bridgehead atoms. The Balaban J connectivity index is 2.04. The summed E-state index contributed by atoms with van der Waals surface area (Å²) in [6, 6.07) is 9.79. The molecule has 1 atom stereocenters. The minimum absolute atomic E-state index is 0.0505.